The first kappa shape index (κ1) is 72.1. The molecule has 0 saturated carbocycles. The summed E-state index contributed by atoms with van der Waals surface area (Å²) in [6, 6.07) is 28.8. The van der Waals surface area contributed by atoms with E-state index >= 15 is 0 Å². The third-order valence-corrected chi connectivity index (χ3v) is 17.5. The number of carbonyl (C=O) groups is 6. The normalized spacial score (nSPS) is 16.9. The van der Waals surface area contributed by atoms with Crippen molar-refractivity contribution in [3.63, 3.8) is 0 Å². The molecule has 12 rings (SSSR count). The number of nitrogens with one attached hydrogen (secondary N) is 3. The highest BCUT2D eigenvalue weighted by Gasteiger charge is 2.36. The number of fused-ring (bicyclic) bond motifs is 3. The number of imidazole rings is 3. The lowest BCUT2D eigenvalue weighted by molar-refractivity contribution is -0.138. The molecule has 524 valence electrons. The first-order chi connectivity index (χ1) is 47.4. The van der Waals surface area contributed by atoms with Crippen molar-refractivity contribution in [2.45, 2.75) is 94.1 Å². The van der Waals surface area contributed by atoms with E-state index in [0.29, 0.717) is 73.0 Å². The second kappa shape index (κ2) is 29.8. The highest BCUT2D eigenvalue weighted by atomic mass is 19.4. The van der Waals surface area contributed by atoms with Gasteiger partial charge in [-0.05, 0) is 140 Å². The van der Waals surface area contributed by atoms with Crippen LogP contribution < -0.4 is 16.0 Å². The number of hydrogen-bond donors (Lipinski definition) is 5. The van der Waals surface area contributed by atoms with Gasteiger partial charge in [0.05, 0.1) is 86.8 Å². The van der Waals surface area contributed by atoms with Crippen LogP contribution in [0.2, 0.25) is 0 Å². The molecule has 3 aliphatic heterocycles. The van der Waals surface area contributed by atoms with Crippen LogP contribution in [-0.2, 0) is 52.5 Å². The summed E-state index contributed by atoms with van der Waals surface area (Å²) in [5.41, 5.74) is 2.83. The third-order valence-electron chi connectivity index (χ3n) is 17.5. The number of anilines is 3. The van der Waals surface area contributed by atoms with Gasteiger partial charge in [0, 0.05) is 70.6 Å². The van der Waals surface area contributed by atoms with E-state index in [9.17, 15) is 78.5 Å². The average Bonchev–Trinajstić information content (AvgIpc) is 1.64. The van der Waals surface area contributed by atoms with E-state index in [-0.39, 0.29) is 76.6 Å². The fraction of sp³-hybridized carbons (Fsp3) is 0.310. The van der Waals surface area contributed by atoms with Crippen molar-refractivity contribution in [3.8, 4) is 0 Å². The van der Waals surface area contributed by atoms with E-state index < -0.39 is 65.7 Å². The molecule has 5 N–H and O–H groups in total. The number of nitrogens with zero attached hydrogens (tertiary/aromatic N) is 9. The molecule has 6 amide bonds. The molecular weight excluding hydrogens is 1320 g/mol. The molecule has 3 saturated heterocycles. The molecule has 0 aliphatic carbocycles. The van der Waals surface area contributed by atoms with E-state index in [1.54, 1.807) is 75.3 Å². The number of likely N-dealkylation sites (N-methyl/N-ethyl adjacent to an activating group) is 3. The molecule has 3 fully saturated rings. The monoisotopic (exact) mass is 1390 g/mol. The zero-order valence-corrected chi connectivity index (χ0v) is 54.3. The first-order valence-corrected chi connectivity index (χ1v) is 31.7. The SMILES string of the molecule is C=CCCn1c(NC(=O)c2cccc(C(F)(F)F)c2)nc2cc(C3CCCN(C)C3=O)ccc21.C=CCn1c(NC(=O)c2cccc(C(F)(F)F)c2)nc2cc(C3CCN(C)C3=O)ccc21.CN1CCC(c2ccc3c(c2)nc(NC(=O)c2cccc(C(F)(F)F)c2)n3CC(O)CO)C1=O. The van der Waals surface area contributed by atoms with Gasteiger partial charge in [-0.15, -0.1) is 13.2 Å². The molecule has 100 heavy (non-hydrogen) atoms. The number of rotatable bonds is 17. The van der Waals surface area contributed by atoms with E-state index in [0.717, 1.165) is 84.1 Å². The van der Waals surface area contributed by atoms with Gasteiger partial charge < -0.3 is 38.6 Å². The lowest BCUT2D eigenvalue weighted by atomic mass is 9.90. The Balaban J connectivity index is 0.000000162. The summed E-state index contributed by atoms with van der Waals surface area (Å²) in [5.74, 6) is -2.48. The number of aromatic nitrogens is 6. The Labute approximate surface area is 566 Å². The van der Waals surface area contributed by atoms with Crippen molar-refractivity contribution in [2.75, 3.05) is 63.3 Å². The maximum absolute atomic E-state index is 13.1. The number of piperidine rings is 1. The molecule has 4 unspecified atom stereocenters. The van der Waals surface area contributed by atoms with Gasteiger partial charge in [0.1, 0.15) is 0 Å². The van der Waals surface area contributed by atoms with Gasteiger partial charge in [-0.1, -0.05) is 48.6 Å². The van der Waals surface area contributed by atoms with Crippen molar-refractivity contribution in [3.05, 3.63) is 203 Å². The van der Waals surface area contributed by atoms with Gasteiger partial charge in [0.15, 0.2) is 0 Å². The quantitative estimate of drug-likeness (QED) is 0.0424. The number of alkyl halides is 9. The fourth-order valence-electron chi connectivity index (χ4n) is 12.2. The van der Waals surface area contributed by atoms with E-state index in [1.165, 1.54) is 34.9 Å². The predicted octanol–water partition coefficient (Wildman–Crippen LogP) is 12.3. The fourth-order valence-corrected chi connectivity index (χ4v) is 12.2. The van der Waals surface area contributed by atoms with Crippen LogP contribution in [0, 0.1) is 0 Å². The minimum atomic E-state index is -4.60. The molecule has 3 aliphatic rings. The third kappa shape index (κ3) is 16.1. The van der Waals surface area contributed by atoms with E-state index in [2.05, 4.69) is 44.1 Å². The lowest BCUT2D eigenvalue weighted by Gasteiger charge is -2.29. The Morgan fingerprint density at radius 3 is 1.24 bits per heavy atom. The summed E-state index contributed by atoms with van der Waals surface area (Å²) in [6.45, 7) is 9.66. The number of aliphatic hydroxyl groups is 2. The number of halogens is 9. The summed E-state index contributed by atoms with van der Waals surface area (Å²) in [6.07, 6.45) is -7.85. The number of benzene rings is 6. The van der Waals surface area contributed by atoms with Crippen molar-refractivity contribution in [2.24, 2.45) is 0 Å². The molecule has 6 heterocycles. The van der Waals surface area contributed by atoms with Crippen molar-refractivity contribution < 1.29 is 78.5 Å². The second-order valence-electron chi connectivity index (χ2n) is 24.4. The number of aliphatic hydroxyl groups excluding tert-OH is 2. The maximum Gasteiger partial charge on any atom is 0.416 e. The molecule has 6 aromatic carbocycles. The molecule has 20 nitrogen and oxygen atoms in total. The maximum atomic E-state index is 13.1. The summed E-state index contributed by atoms with van der Waals surface area (Å²) >= 11 is 0. The van der Waals surface area contributed by atoms with Gasteiger partial charge in [-0.2, -0.15) is 39.5 Å². The Morgan fingerprint density at radius 1 is 0.510 bits per heavy atom. The van der Waals surface area contributed by atoms with Crippen molar-refractivity contribution in [1.29, 1.82) is 0 Å². The summed E-state index contributed by atoms with van der Waals surface area (Å²) in [4.78, 5) is 94.1. The van der Waals surface area contributed by atoms with Crippen molar-refractivity contribution >= 4 is 86.4 Å². The summed E-state index contributed by atoms with van der Waals surface area (Å²) < 4.78 is 122. The zero-order valence-electron chi connectivity index (χ0n) is 54.3. The van der Waals surface area contributed by atoms with Crippen LogP contribution in [-0.4, -0.2) is 142 Å². The Bertz CT molecular complexity index is 4620. The molecule has 4 atom stereocenters. The standard InChI is InChI=1S/C25H25F3N4O2.C23H23F3N4O4.C23H21F3N4O2/c1-3-4-13-32-21-11-10-16(19-9-6-12-31(2)23(19)34)15-20(21)29-24(32)30-22(33)17-7-5-8-18(14-17)25(26,27)28;1-29-8-7-17(21(29)34)13-5-6-19-18(10-13)27-22(30(19)11-16(32)12-31)28-20(33)14-3-2-4-15(9-14)23(24,25)26;1-3-10-30-19-8-7-14(17-9-11-29(2)21(17)32)13-18(19)27-22(30)28-20(31)15-5-4-6-16(12-15)23(24,25)26/h3,5,7-8,10-11,14-15,19H,1,4,6,9,12-13H2,2H3,(H,29,30,33);2-6,9-10,16-17,31-32H,7-8,11-12H2,1H3,(H,27,28,33);3-8,12-13,17H,1,9-11H2,2H3,(H,27,28,31). The molecule has 3 aromatic heterocycles. The Kier molecular flexibility index (Phi) is 21.5. The number of hydrogen-bond acceptors (Lipinski definition) is 11. The highest BCUT2D eigenvalue weighted by molar-refractivity contribution is 6.06. The van der Waals surface area contributed by atoms with Crippen LogP contribution in [0.3, 0.4) is 0 Å². The largest absolute Gasteiger partial charge is 0.416 e. The van der Waals surface area contributed by atoms with E-state index in [4.69, 9.17) is 0 Å². The van der Waals surface area contributed by atoms with Crippen LogP contribution >= 0.6 is 0 Å². The highest BCUT2D eigenvalue weighted by Crippen LogP contribution is 2.37. The topological polar surface area (TPSA) is 242 Å². The van der Waals surface area contributed by atoms with Gasteiger partial charge >= 0.3 is 18.5 Å². The average molecular weight is 1390 g/mol. The number of allylic oxidation sites excluding steroid dienone is 2. The molecule has 9 aromatic rings. The van der Waals surface area contributed by atoms with Crippen LogP contribution in [0.5, 0.6) is 0 Å². The second-order valence-corrected chi connectivity index (χ2v) is 24.4. The summed E-state index contributed by atoms with van der Waals surface area (Å²) in [5, 5.41) is 27.0. The smallest absolute Gasteiger partial charge is 0.394 e. The zero-order chi connectivity index (χ0) is 72.1. The number of aryl methyl sites for hydroxylation is 1. The predicted molar refractivity (Wildman–Crippen MR) is 355 cm³/mol. The van der Waals surface area contributed by atoms with Crippen LogP contribution in [0.4, 0.5) is 57.4 Å². The minimum Gasteiger partial charge on any atom is -0.394 e. The Morgan fingerprint density at radius 2 is 0.870 bits per heavy atom. The number of likely N-dealkylation sites (tertiary alicyclic amines) is 3. The number of amides is 6. The minimum absolute atomic E-state index is 0.00284. The number of carbonyl (C=O) groups excluding carboxylic acids is 6. The lowest BCUT2D eigenvalue weighted by Crippen LogP contribution is -2.36. The van der Waals surface area contributed by atoms with E-state index in [1.807, 2.05) is 36.4 Å². The molecular formula is C71H69F9N12O8. The van der Waals surface area contributed by atoms with Crippen LogP contribution in [0.25, 0.3) is 33.1 Å². The van der Waals surface area contributed by atoms with Gasteiger partial charge in [0.25, 0.3) is 17.7 Å². The van der Waals surface area contributed by atoms with Gasteiger partial charge in [0.2, 0.25) is 35.6 Å². The first-order valence-electron chi connectivity index (χ1n) is 31.7. The molecule has 0 bridgehead atoms. The van der Waals surface area contributed by atoms with Crippen LogP contribution in [0.1, 0.15) is 114 Å². The Hall–Kier alpha value is -10.7. The van der Waals surface area contributed by atoms with Crippen molar-refractivity contribution in [1.82, 2.24) is 43.4 Å². The molecule has 0 radical (unpaired) electrons. The molecule has 0 spiro atoms. The van der Waals surface area contributed by atoms with Crippen LogP contribution in [0.15, 0.2) is 153 Å². The van der Waals surface area contributed by atoms with Gasteiger partial charge in [-0.3, -0.25) is 44.7 Å². The summed E-state index contributed by atoms with van der Waals surface area (Å²) in [7, 11) is 5.28. The molecule has 29 heteroatoms. The van der Waals surface area contributed by atoms with Gasteiger partial charge in [-0.25, -0.2) is 15.0 Å².